The predicted molar refractivity (Wildman–Crippen MR) is 62.9 cm³/mol. The third-order valence-corrected chi connectivity index (χ3v) is 2.49. The van der Waals surface area contributed by atoms with E-state index in [1.54, 1.807) is 0 Å². The van der Waals surface area contributed by atoms with Gasteiger partial charge in [-0.2, -0.15) is 13.2 Å². The van der Waals surface area contributed by atoms with Gasteiger partial charge in [-0.15, -0.1) is 0 Å². The quantitative estimate of drug-likeness (QED) is 0.909. The molecule has 9 heteroatoms. The second-order valence-corrected chi connectivity index (χ2v) is 3.89. The summed E-state index contributed by atoms with van der Waals surface area (Å²) in [6.07, 6.45) is -3.50. The number of amides is 1. The van der Waals surface area contributed by atoms with E-state index in [0.29, 0.717) is 12.1 Å². The minimum atomic E-state index is -4.66. The number of anilines is 1. The Balaban J connectivity index is 2.39. The standard InChI is InChI=1S/C12H7F3N2O4/c13-12(14,15)6-1-2-7(11(19)20)8(5-6)17-10(18)9-3-4-16-21-9/h1-5H,(H,17,18)(H,19,20). The SMILES string of the molecule is O=C(Nc1cc(C(F)(F)F)ccc1C(=O)O)c1ccno1. The zero-order chi connectivity index (χ0) is 15.6. The van der Waals surface area contributed by atoms with Crippen LogP contribution in [-0.4, -0.2) is 22.1 Å². The van der Waals surface area contributed by atoms with Crippen molar-refractivity contribution in [3.05, 3.63) is 47.3 Å². The molecule has 0 radical (unpaired) electrons. The van der Waals surface area contributed by atoms with Crippen LogP contribution in [0, 0.1) is 0 Å². The van der Waals surface area contributed by atoms with Crippen molar-refractivity contribution in [2.45, 2.75) is 6.18 Å². The van der Waals surface area contributed by atoms with Crippen LogP contribution in [0.1, 0.15) is 26.5 Å². The molecule has 1 heterocycles. The molecule has 1 aromatic heterocycles. The number of aromatic carboxylic acids is 1. The number of rotatable bonds is 3. The van der Waals surface area contributed by atoms with Crippen LogP contribution in [-0.2, 0) is 6.18 Å². The van der Waals surface area contributed by atoms with Gasteiger partial charge in [-0.3, -0.25) is 4.79 Å². The van der Waals surface area contributed by atoms with Gasteiger partial charge in [0.05, 0.1) is 23.0 Å². The van der Waals surface area contributed by atoms with Gasteiger partial charge < -0.3 is 14.9 Å². The van der Waals surface area contributed by atoms with Gasteiger partial charge in [0.2, 0.25) is 5.76 Å². The van der Waals surface area contributed by atoms with Gasteiger partial charge in [0.25, 0.3) is 5.91 Å². The molecule has 0 aliphatic carbocycles. The fraction of sp³-hybridized carbons (Fsp3) is 0.0833. The van der Waals surface area contributed by atoms with E-state index in [2.05, 4.69) is 15.0 Å². The van der Waals surface area contributed by atoms with Gasteiger partial charge in [-0.1, -0.05) is 5.16 Å². The molecule has 110 valence electrons. The van der Waals surface area contributed by atoms with E-state index in [1.807, 2.05) is 0 Å². The first-order valence-corrected chi connectivity index (χ1v) is 5.45. The van der Waals surface area contributed by atoms with Crippen molar-refractivity contribution in [2.24, 2.45) is 0 Å². The number of nitrogens with zero attached hydrogens (tertiary/aromatic N) is 1. The Morgan fingerprint density at radius 3 is 2.48 bits per heavy atom. The van der Waals surface area contributed by atoms with Crippen molar-refractivity contribution >= 4 is 17.6 Å². The summed E-state index contributed by atoms with van der Waals surface area (Å²) in [7, 11) is 0. The minimum Gasteiger partial charge on any atom is -0.478 e. The number of hydrogen-bond acceptors (Lipinski definition) is 4. The summed E-state index contributed by atoms with van der Waals surface area (Å²) < 4.78 is 42.4. The summed E-state index contributed by atoms with van der Waals surface area (Å²) in [4.78, 5) is 22.7. The summed E-state index contributed by atoms with van der Waals surface area (Å²) in [5, 5.41) is 14.3. The van der Waals surface area contributed by atoms with Gasteiger partial charge in [0.1, 0.15) is 0 Å². The Morgan fingerprint density at radius 2 is 1.95 bits per heavy atom. The number of aromatic nitrogens is 1. The maximum absolute atomic E-state index is 12.6. The molecular formula is C12H7F3N2O4. The molecule has 0 unspecified atom stereocenters. The molecule has 6 nitrogen and oxygen atoms in total. The lowest BCUT2D eigenvalue weighted by atomic mass is 10.1. The first-order chi connectivity index (χ1) is 9.79. The van der Waals surface area contributed by atoms with Crippen LogP contribution < -0.4 is 5.32 Å². The van der Waals surface area contributed by atoms with Crippen LogP contribution in [0.15, 0.2) is 35.0 Å². The molecule has 21 heavy (non-hydrogen) atoms. The third kappa shape index (κ3) is 3.19. The van der Waals surface area contributed by atoms with Crippen molar-refractivity contribution in [3.8, 4) is 0 Å². The second kappa shape index (κ2) is 5.27. The lowest BCUT2D eigenvalue weighted by Crippen LogP contribution is -2.16. The minimum absolute atomic E-state index is 0.260. The number of nitrogens with one attached hydrogen (secondary N) is 1. The maximum Gasteiger partial charge on any atom is 0.416 e. The number of hydrogen-bond donors (Lipinski definition) is 2. The molecule has 2 rings (SSSR count). The first kappa shape index (κ1) is 14.6. The zero-order valence-electron chi connectivity index (χ0n) is 10.1. The van der Waals surface area contributed by atoms with Crippen LogP contribution in [0.3, 0.4) is 0 Å². The van der Waals surface area contributed by atoms with E-state index in [0.717, 1.165) is 6.07 Å². The molecule has 0 aliphatic rings. The molecule has 0 atom stereocenters. The molecule has 0 fully saturated rings. The first-order valence-electron chi connectivity index (χ1n) is 5.45. The van der Waals surface area contributed by atoms with Gasteiger partial charge in [-0.25, -0.2) is 4.79 Å². The number of carbonyl (C=O) groups excluding carboxylic acids is 1. The monoisotopic (exact) mass is 300 g/mol. The van der Waals surface area contributed by atoms with E-state index in [1.165, 1.54) is 12.3 Å². The van der Waals surface area contributed by atoms with Crippen molar-refractivity contribution in [1.82, 2.24) is 5.16 Å². The molecule has 0 bridgehead atoms. The number of carbonyl (C=O) groups is 2. The number of benzene rings is 1. The van der Waals surface area contributed by atoms with Gasteiger partial charge in [-0.05, 0) is 18.2 Å². The van der Waals surface area contributed by atoms with Crippen LogP contribution in [0.2, 0.25) is 0 Å². The third-order valence-electron chi connectivity index (χ3n) is 2.49. The van der Waals surface area contributed by atoms with E-state index < -0.39 is 34.9 Å². The van der Waals surface area contributed by atoms with Crippen LogP contribution in [0.4, 0.5) is 18.9 Å². The Hall–Kier alpha value is -2.84. The summed E-state index contributed by atoms with van der Waals surface area (Å²) in [5.41, 5.74) is -2.05. The highest BCUT2D eigenvalue weighted by atomic mass is 19.4. The van der Waals surface area contributed by atoms with E-state index in [-0.39, 0.29) is 5.76 Å². The van der Waals surface area contributed by atoms with Crippen LogP contribution in [0.25, 0.3) is 0 Å². The molecule has 1 amide bonds. The number of alkyl halides is 3. The maximum atomic E-state index is 12.6. The van der Waals surface area contributed by atoms with Crippen molar-refractivity contribution in [3.63, 3.8) is 0 Å². The number of carboxylic acids is 1. The van der Waals surface area contributed by atoms with Gasteiger partial charge in [0.15, 0.2) is 0 Å². The normalized spacial score (nSPS) is 11.2. The van der Waals surface area contributed by atoms with Crippen LogP contribution in [0.5, 0.6) is 0 Å². The highest BCUT2D eigenvalue weighted by molar-refractivity contribution is 6.06. The highest BCUT2D eigenvalue weighted by Gasteiger charge is 2.32. The molecule has 2 N–H and O–H groups in total. The molecule has 0 spiro atoms. The lowest BCUT2D eigenvalue weighted by molar-refractivity contribution is -0.137. The lowest BCUT2D eigenvalue weighted by Gasteiger charge is -2.11. The molecular weight excluding hydrogens is 293 g/mol. The predicted octanol–water partition coefficient (Wildman–Crippen LogP) is 2.64. The Morgan fingerprint density at radius 1 is 1.24 bits per heavy atom. The Kier molecular flexibility index (Phi) is 3.66. The second-order valence-electron chi connectivity index (χ2n) is 3.89. The molecule has 0 aliphatic heterocycles. The van der Waals surface area contributed by atoms with E-state index in [4.69, 9.17) is 5.11 Å². The smallest absolute Gasteiger partial charge is 0.416 e. The average Bonchev–Trinajstić information content (AvgIpc) is 2.91. The van der Waals surface area contributed by atoms with Gasteiger partial charge in [0, 0.05) is 6.07 Å². The topological polar surface area (TPSA) is 92.4 Å². The van der Waals surface area contributed by atoms with E-state index in [9.17, 15) is 22.8 Å². The molecule has 2 aromatic rings. The Bertz CT molecular complexity index is 680. The van der Waals surface area contributed by atoms with Crippen LogP contribution >= 0.6 is 0 Å². The zero-order valence-corrected chi connectivity index (χ0v) is 10.1. The average molecular weight is 300 g/mol. The van der Waals surface area contributed by atoms with E-state index >= 15 is 0 Å². The molecule has 0 saturated heterocycles. The molecule has 0 saturated carbocycles. The summed E-state index contributed by atoms with van der Waals surface area (Å²) in [6, 6.07) is 3.11. The molecule has 1 aromatic carbocycles. The highest BCUT2D eigenvalue weighted by Crippen LogP contribution is 2.32. The largest absolute Gasteiger partial charge is 0.478 e. The van der Waals surface area contributed by atoms with Crippen molar-refractivity contribution in [1.29, 1.82) is 0 Å². The van der Waals surface area contributed by atoms with Gasteiger partial charge >= 0.3 is 12.1 Å². The number of halogens is 3. The fourth-order valence-corrected chi connectivity index (χ4v) is 1.53. The van der Waals surface area contributed by atoms with Crippen molar-refractivity contribution < 1.29 is 32.4 Å². The number of carboxylic acid groups (broad SMARTS) is 1. The summed E-state index contributed by atoms with van der Waals surface area (Å²) in [6.45, 7) is 0. The fourth-order valence-electron chi connectivity index (χ4n) is 1.53. The summed E-state index contributed by atoms with van der Waals surface area (Å²) in [5.74, 6) is -2.64. The summed E-state index contributed by atoms with van der Waals surface area (Å²) >= 11 is 0. The Labute approximate surface area is 115 Å². The van der Waals surface area contributed by atoms with Crippen molar-refractivity contribution in [2.75, 3.05) is 5.32 Å².